The lowest BCUT2D eigenvalue weighted by atomic mass is 10.0. The smallest absolute Gasteiger partial charge is 0.490 e. The van der Waals surface area contributed by atoms with E-state index in [4.69, 9.17) is 35.7 Å². The number of H-pyrrole nitrogens is 1. The molecule has 0 aliphatic rings. The second kappa shape index (κ2) is 26.9. The Hall–Kier alpha value is -5.87. The number of aliphatic hydroxyl groups is 10. The maximum Gasteiger partial charge on any atom is 0.490 e. The fraction of sp³-hybridized carbons (Fsp3) is 0.564. The topological polar surface area (TPSA) is 409 Å². The van der Waals surface area contributed by atoms with Gasteiger partial charge >= 0.3 is 18.3 Å². The molecule has 0 bridgehead atoms. The molecule has 31 heteroatoms. The van der Waals surface area contributed by atoms with Crippen molar-refractivity contribution in [3.05, 3.63) is 41.9 Å². The lowest BCUT2D eigenvalue weighted by molar-refractivity contribution is -0.676. The second-order valence-electron chi connectivity index (χ2n) is 15.0. The quantitative estimate of drug-likeness (QED) is 0.0143. The van der Waals surface area contributed by atoms with Gasteiger partial charge < -0.3 is 82.1 Å². The molecule has 70 heavy (non-hydrogen) atoms. The zero-order valence-electron chi connectivity index (χ0n) is 37.1. The molecule has 4 aromatic rings. The molecule has 0 saturated heterocycles. The van der Waals surface area contributed by atoms with Crippen molar-refractivity contribution in [1.29, 1.82) is 0 Å². The van der Waals surface area contributed by atoms with Crippen LogP contribution in [0.2, 0.25) is 0 Å². The largest absolute Gasteiger partial charge is 0.542 e. The number of carboxylic acids is 2. The number of aliphatic hydroxyl groups excluding tert-OH is 10. The van der Waals surface area contributed by atoms with Crippen molar-refractivity contribution in [1.82, 2.24) is 29.7 Å². The summed E-state index contributed by atoms with van der Waals surface area (Å²) < 4.78 is 67.3. The predicted octanol–water partition coefficient (Wildman–Crippen LogP) is -4.79. The molecule has 394 valence electrons. The number of halogens is 6. The van der Waals surface area contributed by atoms with Gasteiger partial charge in [-0.3, -0.25) is 19.4 Å². The van der Waals surface area contributed by atoms with Crippen molar-refractivity contribution in [2.45, 2.75) is 101 Å². The number of hydrogen-bond acceptors (Lipinski definition) is 19. The summed E-state index contributed by atoms with van der Waals surface area (Å²) in [5.74, 6) is -5.15. The van der Waals surface area contributed by atoms with Crippen LogP contribution < -0.4 is 25.6 Å². The summed E-state index contributed by atoms with van der Waals surface area (Å²) in [6.45, 7) is 2.50. The van der Waals surface area contributed by atoms with Gasteiger partial charge in [0, 0.05) is 44.0 Å². The average Bonchev–Trinajstić information content (AvgIpc) is 3.89. The number of alkyl halides is 6. The van der Waals surface area contributed by atoms with Gasteiger partial charge in [0.2, 0.25) is 6.41 Å². The van der Waals surface area contributed by atoms with E-state index in [1.165, 1.54) is 9.80 Å². The number of carboxylic acid groups (broad SMARTS) is 2. The third kappa shape index (κ3) is 16.6. The number of aryl methyl sites for hydroxylation is 2. The van der Waals surface area contributed by atoms with Gasteiger partial charge in [0.05, 0.1) is 38.5 Å². The number of aromatic amines is 1. The number of nitrogens with one attached hydrogen (secondary N) is 2. The van der Waals surface area contributed by atoms with Gasteiger partial charge in [-0.25, -0.2) is 23.9 Å². The third-order valence-corrected chi connectivity index (χ3v) is 10.1. The van der Waals surface area contributed by atoms with Gasteiger partial charge in [0.1, 0.15) is 54.7 Å². The summed E-state index contributed by atoms with van der Waals surface area (Å²) >= 11 is 0. The van der Waals surface area contributed by atoms with Crippen molar-refractivity contribution in [3.63, 3.8) is 0 Å². The Balaban J connectivity index is 0.00000104. The Morgan fingerprint density at radius 1 is 0.871 bits per heavy atom. The summed E-state index contributed by atoms with van der Waals surface area (Å²) in [7, 11) is 0. The first-order valence-corrected chi connectivity index (χ1v) is 20.7. The molecule has 2 amide bonds. The van der Waals surface area contributed by atoms with E-state index >= 15 is 0 Å². The van der Waals surface area contributed by atoms with E-state index in [0.717, 1.165) is 16.9 Å². The molecule has 0 aliphatic carbocycles. The van der Waals surface area contributed by atoms with Gasteiger partial charge in [-0.05, 0) is 38.5 Å². The van der Waals surface area contributed by atoms with E-state index < -0.39 is 105 Å². The third-order valence-electron chi connectivity index (χ3n) is 10.1. The van der Waals surface area contributed by atoms with E-state index in [2.05, 4.69) is 20.3 Å². The van der Waals surface area contributed by atoms with E-state index in [1.807, 2.05) is 23.0 Å². The van der Waals surface area contributed by atoms with Gasteiger partial charge in [-0.15, -0.1) is 0 Å². The number of carbonyl (C=O) groups is 4. The first-order valence-electron chi connectivity index (χ1n) is 20.7. The predicted molar refractivity (Wildman–Crippen MR) is 224 cm³/mol. The normalized spacial score (nSPS) is 15.4. The summed E-state index contributed by atoms with van der Waals surface area (Å²) in [5.41, 5.74) is 9.10. The van der Waals surface area contributed by atoms with Gasteiger partial charge in [-0.2, -0.15) is 26.3 Å². The summed E-state index contributed by atoms with van der Waals surface area (Å²) in [6, 6.07) is 6.92. The number of nitrogens with zero attached hydrogens (tertiary/aromatic N) is 6. The molecule has 4 rings (SSSR count). The molecule has 0 saturated carbocycles. The van der Waals surface area contributed by atoms with Gasteiger partial charge in [0.15, 0.2) is 28.3 Å². The summed E-state index contributed by atoms with van der Waals surface area (Å²) in [6.07, 6.45) is -22.4. The fourth-order valence-electron chi connectivity index (χ4n) is 6.54. The van der Waals surface area contributed by atoms with Crippen molar-refractivity contribution < 1.29 is 111 Å². The lowest BCUT2D eigenvalue weighted by Gasteiger charge is -2.33. The van der Waals surface area contributed by atoms with E-state index in [9.17, 15) is 76.8 Å². The zero-order valence-corrected chi connectivity index (χ0v) is 37.1. The Kier molecular flexibility index (Phi) is 23.2. The number of anilines is 2. The van der Waals surface area contributed by atoms with E-state index in [-0.39, 0.29) is 37.7 Å². The highest BCUT2D eigenvalue weighted by Gasteiger charge is 2.38. The molecule has 25 nitrogen and oxygen atoms in total. The number of amides is 2. The number of fused-ring (bicyclic) bond motifs is 2. The highest BCUT2D eigenvalue weighted by molar-refractivity contribution is 5.97. The first kappa shape index (κ1) is 60.3. The molecule has 0 unspecified atom stereocenters. The van der Waals surface area contributed by atoms with Gasteiger partial charge in [0.25, 0.3) is 11.7 Å². The van der Waals surface area contributed by atoms with Crippen molar-refractivity contribution in [2.75, 3.05) is 50.0 Å². The van der Waals surface area contributed by atoms with Crippen molar-refractivity contribution in [2.24, 2.45) is 0 Å². The van der Waals surface area contributed by atoms with E-state index in [1.54, 1.807) is 30.5 Å². The minimum Gasteiger partial charge on any atom is -0.542 e. The monoisotopic (exact) mass is 1020 g/mol. The minimum absolute atomic E-state index is 0.0296. The van der Waals surface area contributed by atoms with Crippen LogP contribution >= 0.6 is 0 Å². The summed E-state index contributed by atoms with van der Waals surface area (Å²) in [5, 5.41) is 118. The van der Waals surface area contributed by atoms with Crippen molar-refractivity contribution >= 4 is 58.1 Å². The fourth-order valence-corrected chi connectivity index (χ4v) is 6.54. The molecule has 0 fully saturated rings. The average molecular weight is 1020 g/mol. The number of rotatable bonds is 23. The highest BCUT2D eigenvalue weighted by atomic mass is 19.4. The number of nitrogen functional groups attached to an aromatic ring is 1. The number of carbonyl (C=O) groups excluding carboxylic acids is 3. The minimum atomic E-state index is -5.19. The standard InChI is InChI=1S/C35H53N9O12.2C2HF3O2/c1-3-43-21-7-6-19(12-22(21)44(4-2)27(43)15-42(18-47)34-32(36)40-33-20(39-34)8-10-37-33)35(56)38-9-5-11-41(13-23(48)28(52)30(54)25(50)16-45)14-24(49)29(53)31(55)26(51)17-46;2*3-2(4,5)1(6)7/h6-8,10,12,18,23-26,28-31,45-46,48-55H,3-5,9,11,13-17H2,1-2H3,(H3-,36,37,38,39,40,56);2*(H,6,7)/t23-,24-,25+,26+,28+,29+,30+,31+;;/m0../s1. The van der Waals surface area contributed by atoms with Crippen LogP contribution in [0.4, 0.5) is 38.0 Å². The lowest BCUT2D eigenvalue weighted by Crippen LogP contribution is -2.53. The number of hydrogen-bond donors (Lipinski definition) is 14. The number of aromatic nitrogens is 5. The van der Waals surface area contributed by atoms with Crippen LogP contribution in [0.15, 0.2) is 30.5 Å². The van der Waals surface area contributed by atoms with Crippen molar-refractivity contribution in [3.8, 4) is 0 Å². The number of benzene rings is 1. The van der Waals surface area contributed by atoms with Crippen LogP contribution in [0.25, 0.3) is 22.2 Å². The Bertz CT molecular complexity index is 2270. The molecular weight excluding hydrogens is 964 g/mol. The molecule has 0 spiro atoms. The molecule has 15 N–H and O–H groups in total. The SMILES string of the molecule is CCn1c(CN(C=O)c2nc3cc[nH]c3nc2N)[n+](CC)c2ccc(C(=O)NCCCN(C[C@H](O)[C@@H](O)[C@H](O)[C@H](O)CO)C[C@H](O)[C@@H](O)[C@H](O)[C@H](O)CO)cc21.O=C(O)C(F)(F)F.O=C([O-])C(F)(F)F. The summed E-state index contributed by atoms with van der Waals surface area (Å²) in [4.78, 5) is 57.9. The van der Waals surface area contributed by atoms with Crippen LogP contribution in [0.3, 0.4) is 0 Å². The Labute approximate surface area is 391 Å². The Morgan fingerprint density at radius 2 is 1.39 bits per heavy atom. The van der Waals surface area contributed by atoms with Gasteiger partial charge in [-0.1, -0.05) is 0 Å². The highest BCUT2D eigenvalue weighted by Crippen LogP contribution is 2.25. The molecule has 1 aromatic carbocycles. The zero-order chi connectivity index (χ0) is 53.4. The molecule has 8 atom stereocenters. The molecule has 3 heterocycles. The molecule has 0 radical (unpaired) electrons. The molecule has 3 aromatic heterocycles. The second-order valence-corrected chi connectivity index (χ2v) is 15.0. The Morgan fingerprint density at radius 3 is 1.83 bits per heavy atom. The first-order chi connectivity index (χ1) is 32.6. The molecule has 0 aliphatic heterocycles. The van der Waals surface area contributed by atoms with Crippen LogP contribution in [0.5, 0.6) is 0 Å². The van der Waals surface area contributed by atoms with Crippen LogP contribution in [-0.2, 0) is 34.0 Å². The maximum atomic E-state index is 13.4. The van der Waals surface area contributed by atoms with Crippen LogP contribution in [-0.4, -0.2) is 205 Å². The van der Waals surface area contributed by atoms with Crippen LogP contribution in [0, 0.1) is 0 Å². The number of aliphatic carboxylic acids is 2. The molecular formula is C39H55F6N9O16. The number of imidazole rings is 1. The maximum absolute atomic E-state index is 13.4. The van der Waals surface area contributed by atoms with Crippen LogP contribution in [0.1, 0.15) is 36.5 Å². The number of nitrogens with two attached hydrogens (primary N) is 1. The van der Waals surface area contributed by atoms with E-state index in [0.29, 0.717) is 36.2 Å².